The number of nitriles is 1. The zero-order valence-electron chi connectivity index (χ0n) is 26.7. The van der Waals surface area contributed by atoms with Gasteiger partial charge in [0.1, 0.15) is 18.1 Å². The third kappa shape index (κ3) is 6.00. The van der Waals surface area contributed by atoms with Gasteiger partial charge >= 0.3 is 6.01 Å². The van der Waals surface area contributed by atoms with E-state index in [0.717, 1.165) is 34.7 Å². The van der Waals surface area contributed by atoms with Crippen molar-refractivity contribution in [1.29, 1.82) is 5.26 Å². The van der Waals surface area contributed by atoms with E-state index in [4.69, 9.17) is 14.7 Å². The first-order valence-corrected chi connectivity index (χ1v) is 15.4. The first kappa shape index (κ1) is 31.0. The van der Waals surface area contributed by atoms with Gasteiger partial charge in [0.2, 0.25) is 5.91 Å². The number of carbonyl (C=O) groups excluding carboxylic acids is 1. The van der Waals surface area contributed by atoms with E-state index in [1.807, 2.05) is 7.05 Å². The summed E-state index contributed by atoms with van der Waals surface area (Å²) in [5.41, 5.74) is 4.15. The van der Waals surface area contributed by atoms with Crippen LogP contribution in [0.5, 0.6) is 6.01 Å². The van der Waals surface area contributed by atoms with E-state index >= 15 is 0 Å². The molecule has 1 aliphatic rings. The number of nitrogens with zero attached hydrogens (tertiary/aromatic N) is 7. The number of carbonyl (C=O) groups is 1. The van der Waals surface area contributed by atoms with Crippen molar-refractivity contribution in [3.63, 3.8) is 0 Å². The van der Waals surface area contributed by atoms with Crippen LogP contribution in [0.25, 0.3) is 33.1 Å². The molecule has 0 spiro atoms. The Labute approximate surface area is 260 Å². The molecule has 1 fully saturated rings. The van der Waals surface area contributed by atoms with Crippen LogP contribution in [-0.4, -0.2) is 81.2 Å². The monoisotopic (exact) mass is 593 g/mol. The summed E-state index contributed by atoms with van der Waals surface area (Å²) < 4.78 is 8.37. The molecule has 3 heterocycles. The number of aromatic nitrogens is 3. The van der Waals surface area contributed by atoms with Gasteiger partial charge in [0.25, 0.3) is 0 Å². The van der Waals surface area contributed by atoms with E-state index in [0.29, 0.717) is 44.3 Å². The quantitative estimate of drug-likeness (QED) is 0.218. The Balaban J connectivity index is 1.60. The summed E-state index contributed by atoms with van der Waals surface area (Å²) in [6.07, 6.45) is 1.55. The SMILES string of the molecule is C=CC(=O)N1CCN(c2nc(OCCN(C(C)C)C(C)C)nc3c2cc(-c2cccc4cccc(C)c24)n3C)C[C@@H]1CC#N. The molecule has 5 rings (SSSR count). The van der Waals surface area contributed by atoms with Crippen LogP contribution >= 0.6 is 0 Å². The Morgan fingerprint density at radius 3 is 2.57 bits per heavy atom. The van der Waals surface area contributed by atoms with Crippen LogP contribution < -0.4 is 9.64 Å². The van der Waals surface area contributed by atoms with Crippen LogP contribution in [0.15, 0.2) is 55.1 Å². The summed E-state index contributed by atoms with van der Waals surface area (Å²) in [5.74, 6) is 0.594. The van der Waals surface area contributed by atoms with Gasteiger partial charge in [-0.2, -0.15) is 15.2 Å². The van der Waals surface area contributed by atoms with Gasteiger partial charge in [-0.25, -0.2) is 0 Å². The van der Waals surface area contributed by atoms with Crippen LogP contribution in [0.3, 0.4) is 0 Å². The minimum absolute atomic E-state index is 0.157. The second-order valence-corrected chi connectivity index (χ2v) is 12.1. The fourth-order valence-corrected chi connectivity index (χ4v) is 6.56. The second-order valence-electron chi connectivity index (χ2n) is 12.1. The smallest absolute Gasteiger partial charge is 0.320 e. The third-order valence-corrected chi connectivity index (χ3v) is 8.71. The summed E-state index contributed by atoms with van der Waals surface area (Å²) in [5, 5.41) is 12.9. The maximum absolute atomic E-state index is 12.6. The topological polar surface area (TPSA) is 90.5 Å². The molecule has 0 saturated carbocycles. The van der Waals surface area contributed by atoms with Crippen molar-refractivity contribution in [3.05, 3.63) is 60.7 Å². The Morgan fingerprint density at radius 1 is 1.16 bits per heavy atom. The van der Waals surface area contributed by atoms with E-state index in [9.17, 15) is 10.1 Å². The average molecular weight is 594 g/mol. The van der Waals surface area contributed by atoms with Crippen molar-refractivity contribution in [1.82, 2.24) is 24.3 Å². The Bertz CT molecular complexity index is 1700. The molecule has 230 valence electrons. The lowest BCUT2D eigenvalue weighted by Crippen LogP contribution is -2.55. The van der Waals surface area contributed by atoms with Gasteiger partial charge in [0.05, 0.1) is 29.6 Å². The molecule has 0 aliphatic carbocycles. The van der Waals surface area contributed by atoms with Gasteiger partial charge in [-0.3, -0.25) is 9.69 Å². The number of aryl methyl sites for hydroxylation is 2. The predicted octanol–water partition coefficient (Wildman–Crippen LogP) is 5.71. The van der Waals surface area contributed by atoms with Crippen molar-refractivity contribution in [3.8, 4) is 23.3 Å². The molecule has 9 nitrogen and oxygen atoms in total. The van der Waals surface area contributed by atoms with Crippen LogP contribution in [0.1, 0.15) is 39.7 Å². The third-order valence-electron chi connectivity index (χ3n) is 8.71. The number of rotatable bonds is 10. The lowest BCUT2D eigenvalue weighted by atomic mass is 9.98. The van der Waals surface area contributed by atoms with Gasteiger partial charge in [-0.1, -0.05) is 43.0 Å². The number of anilines is 1. The van der Waals surface area contributed by atoms with E-state index in [2.05, 4.69) is 104 Å². The molecule has 2 aromatic heterocycles. The molecule has 1 amide bonds. The fourth-order valence-electron chi connectivity index (χ4n) is 6.56. The van der Waals surface area contributed by atoms with Gasteiger partial charge < -0.3 is 19.1 Å². The molecular weight excluding hydrogens is 550 g/mol. The zero-order chi connectivity index (χ0) is 31.5. The highest BCUT2D eigenvalue weighted by Crippen LogP contribution is 2.37. The van der Waals surface area contributed by atoms with E-state index < -0.39 is 0 Å². The van der Waals surface area contributed by atoms with Crippen LogP contribution in [-0.2, 0) is 11.8 Å². The van der Waals surface area contributed by atoms with Gasteiger partial charge in [-0.05, 0) is 63.1 Å². The highest BCUT2D eigenvalue weighted by Gasteiger charge is 2.32. The molecule has 1 saturated heterocycles. The number of ether oxygens (including phenoxy) is 1. The molecular formula is C35H43N7O2. The molecule has 0 radical (unpaired) electrons. The Hall–Kier alpha value is -4.42. The minimum Gasteiger partial charge on any atom is -0.462 e. The maximum atomic E-state index is 12.6. The van der Waals surface area contributed by atoms with E-state index in [1.165, 1.54) is 22.4 Å². The lowest BCUT2D eigenvalue weighted by Gasteiger charge is -2.40. The highest BCUT2D eigenvalue weighted by atomic mass is 16.5. The summed E-state index contributed by atoms with van der Waals surface area (Å²) >= 11 is 0. The van der Waals surface area contributed by atoms with Gasteiger partial charge in [0.15, 0.2) is 0 Å². The molecule has 1 atom stereocenters. The minimum atomic E-state index is -0.275. The van der Waals surface area contributed by atoms with Crippen molar-refractivity contribution >= 4 is 33.5 Å². The summed E-state index contributed by atoms with van der Waals surface area (Å²) in [7, 11) is 2.04. The molecule has 2 aromatic carbocycles. The van der Waals surface area contributed by atoms with Crippen LogP contribution in [0.2, 0.25) is 0 Å². The molecule has 0 N–H and O–H groups in total. The normalized spacial score (nSPS) is 15.5. The molecule has 44 heavy (non-hydrogen) atoms. The number of piperazine rings is 1. The maximum Gasteiger partial charge on any atom is 0.320 e. The number of amides is 1. The number of benzene rings is 2. The highest BCUT2D eigenvalue weighted by molar-refractivity contribution is 6.02. The van der Waals surface area contributed by atoms with E-state index in [1.54, 1.807) is 4.90 Å². The Kier molecular flexibility index (Phi) is 9.21. The number of fused-ring (bicyclic) bond motifs is 2. The van der Waals surface area contributed by atoms with Crippen molar-refractivity contribution in [2.75, 3.05) is 37.7 Å². The molecule has 4 aromatic rings. The average Bonchev–Trinajstić information content (AvgIpc) is 3.34. The predicted molar refractivity (Wildman–Crippen MR) is 177 cm³/mol. The van der Waals surface area contributed by atoms with Gasteiger partial charge in [0, 0.05) is 50.9 Å². The molecule has 1 aliphatic heterocycles. The number of hydrogen-bond acceptors (Lipinski definition) is 7. The first-order valence-electron chi connectivity index (χ1n) is 15.4. The summed E-state index contributed by atoms with van der Waals surface area (Å²) in [4.78, 5) is 28.8. The second kappa shape index (κ2) is 13.1. The molecule has 0 bridgehead atoms. The van der Waals surface area contributed by atoms with Crippen molar-refractivity contribution < 1.29 is 9.53 Å². The fraction of sp³-hybridized carbons (Fsp3) is 0.429. The standard InChI is InChI=1S/C35H43N7O2/c1-8-31(43)42-18-17-40(22-27(42)15-16-36)34-29-21-30(28-14-10-13-26-12-9-11-25(6)32(26)28)39(7)33(29)37-35(38-34)44-20-19-41(23(2)3)24(4)5/h8-14,21,23-24,27H,1,15,17-20,22H2,2-7H3/t27-/m0/s1. The van der Waals surface area contributed by atoms with Gasteiger partial charge in [-0.15, -0.1) is 0 Å². The zero-order valence-corrected chi connectivity index (χ0v) is 26.7. The van der Waals surface area contributed by atoms with Crippen molar-refractivity contribution in [2.45, 2.75) is 59.2 Å². The molecule has 9 heteroatoms. The number of hydrogen-bond donors (Lipinski definition) is 0. The van der Waals surface area contributed by atoms with E-state index in [-0.39, 0.29) is 18.4 Å². The summed E-state index contributed by atoms with van der Waals surface area (Å²) in [6.45, 7) is 17.3. The lowest BCUT2D eigenvalue weighted by molar-refractivity contribution is -0.128. The first-order chi connectivity index (χ1) is 21.1. The van der Waals surface area contributed by atoms with Crippen LogP contribution in [0.4, 0.5) is 5.82 Å². The van der Waals surface area contributed by atoms with Crippen molar-refractivity contribution in [2.24, 2.45) is 7.05 Å². The van der Waals surface area contributed by atoms with Crippen LogP contribution in [0, 0.1) is 18.3 Å². The largest absolute Gasteiger partial charge is 0.462 e. The Morgan fingerprint density at radius 2 is 1.89 bits per heavy atom. The molecule has 0 unspecified atom stereocenters. The summed E-state index contributed by atoms with van der Waals surface area (Å²) in [6, 6.07) is 18.0.